The van der Waals surface area contributed by atoms with E-state index in [0.717, 1.165) is 76.3 Å². The molecule has 0 saturated heterocycles. The van der Waals surface area contributed by atoms with Crippen LogP contribution in [0.3, 0.4) is 0 Å². The van der Waals surface area contributed by atoms with Crippen LogP contribution in [0.5, 0.6) is 0 Å². The fourth-order valence-corrected chi connectivity index (χ4v) is 21.4. The van der Waals surface area contributed by atoms with E-state index in [1.165, 1.54) is 102 Å². The van der Waals surface area contributed by atoms with Crippen LogP contribution in [0.4, 0.5) is 0 Å². The molecular formula is C92H52N8S6. The lowest BCUT2D eigenvalue weighted by Gasteiger charge is -2.10. The molecule has 0 spiro atoms. The Morgan fingerprint density at radius 1 is 0.170 bits per heavy atom. The van der Waals surface area contributed by atoms with Crippen LogP contribution >= 0.6 is 68.0 Å². The Labute approximate surface area is 630 Å². The molecule has 0 fully saturated rings. The van der Waals surface area contributed by atoms with Crippen LogP contribution in [0, 0.1) is 0 Å². The van der Waals surface area contributed by atoms with Gasteiger partial charge in [0.05, 0.1) is 20.4 Å². The molecule has 0 atom stereocenters. The predicted octanol–water partition coefficient (Wildman–Crippen LogP) is 27.1. The second kappa shape index (κ2) is 25.9. The van der Waals surface area contributed by atoms with Gasteiger partial charge in [0.2, 0.25) is 0 Å². The molecule has 14 heteroatoms. The quantitative estimate of drug-likeness (QED) is 0.133. The monoisotopic (exact) mass is 1460 g/mol. The van der Waals surface area contributed by atoms with E-state index in [0.29, 0.717) is 34.9 Å². The molecule has 0 saturated carbocycles. The Hall–Kier alpha value is -12.2. The van der Waals surface area contributed by atoms with E-state index in [1.54, 1.807) is 45.3 Å². The average Bonchev–Trinajstić information content (AvgIpc) is 1.59. The molecule has 14 aromatic carbocycles. The highest BCUT2D eigenvalue weighted by molar-refractivity contribution is 7.27. The van der Waals surface area contributed by atoms with Crippen LogP contribution in [0.1, 0.15) is 0 Å². The first-order valence-electron chi connectivity index (χ1n) is 34.8. The minimum atomic E-state index is 0.658. The largest absolute Gasteiger partial charge is 0.236 e. The second-order valence-electron chi connectivity index (χ2n) is 26.0. The number of hydrogen-bond donors (Lipinski definition) is 0. The summed E-state index contributed by atoms with van der Waals surface area (Å²) >= 11 is 10.7. The molecule has 22 rings (SSSR count). The molecule has 0 aliphatic heterocycles. The average molecular weight is 1460 g/mol. The van der Waals surface area contributed by atoms with Gasteiger partial charge in [-0.3, -0.25) is 0 Å². The van der Waals surface area contributed by atoms with Crippen LogP contribution in [0.2, 0.25) is 0 Å². The highest BCUT2D eigenvalue weighted by Gasteiger charge is 2.24. The topological polar surface area (TPSA) is 103 Å². The summed E-state index contributed by atoms with van der Waals surface area (Å²) < 4.78 is 12.2. The van der Waals surface area contributed by atoms with Crippen molar-refractivity contribution in [3.63, 3.8) is 0 Å². The Balaban J connectivity index is 0.000000136. The van der Waals surface area contributed by atoms with E-state index in [2.05, 4.69) is 267 Å². The van der Waals surface area contributed by atoms with E-state index in [9.17, 15) is 0 Å². The maximum Gasteiger partial charge on any atom is 0.165 e. The maximum absolute atomic E-state index is 5.28. The number of para-hydroxylation sites is 2. The van der Waals surface area contributed by atoms with E-state index in [1.807, 2.05) is 71.2 Å². The molecule has 106 heavy (non-hydrogen) atoms. The van der Waals surface area contributed by atoms with Crippen molar-refractivity contribution in [1.82, 2.24) is 39.9 Å². The Morgan fingerprint density at radius 2 is 0.519 bits per heavy atom. The van der Waals surface area contributed by atoms with E-state index in [4.69, 9.17) is 39.9 Å². The van der Waals surface area contributed by atoms with Crippen molar-refractivity contribution < 1.29 is 0 Å². The zero-order valence-corrected chi connectivity index (χ0v) is 60.9. The molecule has 8 nitrogen and oxygen atoms in total. The Kier molecular flexibility index (Phi) is 15.2. The van der Waals surface area contributed by atoms with E-state index >= 15 is 0 Å². The maximum atomic E-state index is 5.28. The van der Waals surface area contributed by atoms with Gasteiger partial charge >= 0.3 is 0 Å². The number of rotatable bonds is 10. The smallest absolute Gasteiger partial charge is 0.165 e. The van der Waals surface area contributed by atoms with Gasteiger partial charge in [-0.2, -0.15) is 0 Å². The first-order valence-corrected chi connectivity index (χ1v) is 39.7. The van der Waals surface area contributed by atoms with Gasteiger partial charge in [-0.15, -0.1) is 68.0 Å². The van der Waals surface area contributed by atoms with Crippen molar-refractivity contribution in [2.45, 2.75) is 0 Å². The first-order chi connectivity index (χ1) is 52.5. The van der Waals surface area contributed by atoms with Crippen LogP contribution < -0.4 is 0 Å². The molecule has 0 amide bonds. The van der Waals surface area contributed by atoms with Gasteiger partial charge in [-0.25, -0.2) is 39.9 Å². The highest BCUT2D eigenvalue weighted by atomic mass is 32.1. The molecule has 8 aromatic heterocycles. The van der Waals surface area contributed by atoms with E-state index in [-0.39, 0.29) is 0 Å². The minimum Gasteiger partial charge on any atom is -0.236 e. The number of nitrogens with zero attached hydrogens (tertiary/aromatic N) is 8. The molecule has 0 unspecified atom stereocenters. The molecule has 22 aromatic rings. The predicted molar refractivity (Wildman–Crippen MR) is 452 cm³/mol. The lowest BCUT2D eigenvalue weighted by atomic mass is 9.99. The zero-order valence-electron chi connectivity index (χ0n) is 56.0. The number of aromatic nitrogens is 8. The fourth-order valence-electron chi connectivity index (χ4n) is 14.6. The Bertz CT molecular complexity index is 7190. The van der Waals surface area contributed by atoms with Gasteiger partial charge in [0.25, 0.3) is 0 Å². The van der Waals surface area contributed by atoms with Crippen LogP contribution in [0.25, 0.3) is 213 Å². The molecule has 0 radical (unpaired) electrons. The van der Waals surface area contributed by atoms with Crippen LogP contribution in [-0.4, -0.2) is 39.9 Å². The SMILES string of the molecule is c1ccc(-c2nc(-c3ccc4c(c3)sc3ccccc34)nc(-c3cccc4sc5c(-c6cccc(-c7nc8ccccc8s7)c6)cccc5c34)n2)cc1.c1ccc(-c2nc(-c3cccc4c3sc3ccccc34)nc(-c3cccc4sc5c(-c6cccc(-c7nc8ccccc8s7)c6)cccc5c34)n2)cc1. The van der Waals surface area contributed by atoms with Crippen molar-refractivity contribution in [3.8, 4) is 112 Å². The molecule has 0 bridgehead atoms. The summed E-state index contributed by atoms with van der Waals surface area (Å²) in [6, 6.07) is 111. The standard InChI is InChI=1S/2C46H26N4S3/c1-2-12-27(13-3-1)43-48-44(50-45(49-43)35-21-10-18-32-31-16-4-6-23-37(31)51-42(32)35)34-20-11-25-39-40(34)33-19-9-17-30(41(33)52-39)28-14-8-15-29(26-28)46-47-36-22-5-7-24-38(36)53-46;1-2-11-27(12-3-1)43-48-44(29-23-24-33-32-15-4-6-20-37(32)51-40(33)26-29)50-45(49-43)35-18-10-22-39-41(35)34-17-9-16-31(42(34)52-39)28-13-8-14-30(25-28)46-47-36-19-5-7-21-38(36)53-46/h2*1-26H. The number of thiophene rings is 4. The van der Waals surface area contributed by atoms with Crippen LogP contribution in [-0.2, 0) is 0 Å². The number of thiazole rings is 2. The normalized spacial score (nSPS) is 11.8. The number of hydrogen-bond acceptors (Lipinski definition) is 14. The molecule has 0 aliphatic rings. The summed E-state index contributed by atoms with van der Waals surface area (Å²) in [7, 11) is 0. The van der Waals surface area contributed by atoms with Gasteiger partial charge in [-0.05, 0) is 95.1 Å². The van der Waals surface area contributed by atoms with E-state index < -0.39 is 0 Å². The zero-order chi connectivity index (χ0) is 69.8. The third-order valence-corrected chi connectivity index (χ3v) is 26.5. The third kappa shape index (κ3) is 10.9. The van der Waals surface area contributed by atoms with Crippen molar-refractivity contribution in [2.24, 2.45) is 0 Å². The van der Waals surface area contributed by atoms with Crippen LogP contribution in [0.15, 0.2) is 315 Å². The van der Waals surface area contributed by atoms with Gasteiger partial charge in [0.1, 0.15) is 10.0 Å². The Morgan fingerprint density at radius 3 is 1.07 bits per heavy atom. The fraction of sp³-hybridized carbons (Fsp3) is 0. The lowest BCUT2D eigenvalue weighted by molar-refractivity contribution is 1.08. The van der Waals surface area contributed by atoms with Crippen molar-refractivity contribution in [2.75, 3.05) is 0 Å². The van der Waals surface area contributed by atoms with Gasteiger partial charge < -0.3 is 0 Å². The summed E-state index contributed by atoms with van der Waals surface area (Å²) in [6.45, 7) is 0. The molecule has 496 valence electrons. The van der Waals surface area contributed by atoms with Crippen molar-refractivity contribution in [3.05, 3.63) is 315 Å². The minimum absolute atomic E-state index is 0.658. The summed E-state index contributed by atoms with van der Waals surface area (Å²) in [5.74, 6) is 3.99. The van der Waals surface area contributed by atoms with Gasteiger partial charge in [-0.1, -0.05) is 243 Å². The molecule has 0 aliphatic carbocycles. The van der Waals surface area contributed by atoms with Gasteiger partial charge in [0, 0.05) is 125 Å². The molecule has 8 heterocycles. The first kappa shape index (κ1) is 62.3. The summed E-state index contributed by atoms with van der Waals surface area (Å²) in [6.07, 6.45) is 0. The van der Waals surface area contributed by atoms with Crippen molar-refractivity contribution in [1.29, 1.82) is 0 Å². The highest BCUT2D eigenvalue weighted by Crippen LogP contribution is 2.48. The molecule has 0 N–H and O–H groups in total. The number of fused-ring (bicyclic) bond motifs is 14. The summed E-state index contributed by atoms with van der Waals surface area (Å²) in [5.41, 5.74) is 15.0. The second-order valence-corrected chi connectivity index (χ2v) is 32.3. The van der Waals surface area contributed by atoms with Gasteiger partial charge in [0.15, 0.2) is 34.9 Å². The lowest BCUT2D eigenvalue weighted by Crippen LogP contribution is -2.00. The molecular weight excluding hydrogens is 1410 g/mol. The summed E-state index contributed by atoms with van der Waals surface area (Å²) in [4.78, 5) is 40.9. The third-order valence-electron chi connectivity index (χ3n) is 19.6. The van der Waals surface area contributed by atoms with Crippen molar-refractivity contribution >= 4 is 169 Å². The number of benzene rings is 14. The summed E-state index contributed by atoms with van der Waals surface area (Å²) in [5, 5.41) is 11.8.